The van der Waals surface area contributed by atoms with Crippen molar-refractivity contribution >= 4 is 29.4 Å². The Kier molecular flexibility index (Phi) is 10.7. The molecular weight excluding hydrogens is 576 g/mol. The first-order chi connectivity index (χ1) is 20.1. The molecule has 0 bridgehead atoms. The molecule has 0 unspecified atom stereocenters. The van der Waals surface area contributed by atoms with Crippen LogP contribution in [0.25, 0.3) is 0 Å². The largest absolute Gasteiger partial charge is 0.481 e. The van der Waals surface area contributed by atoms with Crippen LogP contribution in [-0.4, -0.2) is 65.1 Å². The number of likely N-dealkylation sites (tertiary alicyclic amines) is 1. The van der Waals surface area contributed by atoms with Gasteiger partial charge in [-0.05, 0) is 29.4 Å². The summed E-state index contributed by atoms with van der Waals surface area (Å²) in [6.07, 6.45) is -0.456. The Hall–Kier alpha value is -4.29. The third-order valence-corrected chi connectivity index (χ3v) is 7.01. The molecular formula is C30H32F4N2O7. The van der Waals surface area contributed by atoms with Gasteiger partial charge in [0.25, 0.3) is 5.91 Å². The monoisotopic (exact) mass is 608 g/mol. The SMILES string of the molecule is CC(C)(C)c1ccccc1CC(=O)C(=O)N1CCC[C@H](C(=O)N[C@@H](CC(=O)O)C(=O)COc2c(F)c(F)cc(F)c2F)C1. The number of aliphatic carboxylic acids is 1. The predicted molar refractivity (Wildman–Crippen MR) is 144 cm³/mol. The third-order valence-electron chi connectivity index (χ3n) is 7.01. The van der Waals surface area contributed by atoms with Gasteiger partial charge in [0.15, 0.2) is 23.2 Å². The molecule has 2 atom stereocenters. The van der Waals surface area contributed by atoms with E-state index in [1.807, 2.05) is 32.9 Å². The van der Waals surface area contributed by atoms with Crippen LogP contribution in [0.4, 0.5) is 17.6 Å². The molecule has 0 saturated carbocycles. The highest BCUT2D eigenvalue weighted by Gasteiger charge is 2.34. The van der Waals surface area contributed by atoms with Gasteiger partial charge in [0, 0.05) is 25.6 Å². The maximum atomic E-state index is 13.9. The Morgan fingerprint density at radius 3 is 2.28 bits per heavy atom. The van der Waals surface area contributed by atoms with Gasteiger partial charge >= 0.3 is 5.97 Å². The van der Waals surface area contributed by atoms with Crippen molar-refractivity contribution in [2.75, 3.05) is 19.7 Å². The quantitative estimate of drug-likeness (QED) is 0.227. The number of benzene rings is 2. The number of carboxylic acids is 1. The topological polar surface area (TPSA) is 130 Å². The van der Waals surface area contributed by atoms with Gasteiger partial charge in [-0.1, -0.05) is 45.0 Å². The second kappa shape index (κ2) is 13.8. The number of hydrogen-bond acceptors (Lipinski definition) is 6. The third kappa shape index (κ3) is 8.39. The fourth-order valence-corrected chi connectivity index (χ4v) is 4.84. The van der Waals surface area contributed by atoms with E-state index in [1.165, 1.54) is 4.90 Å². The van der Waals surface area contributed by atoms with E-state index < -0.39 is 83.4 Å². The van der Waals surface area contributed by atoms with Gasteiger partial charge in [-0.3, -0.25) is 24.0 Å². The van der Waals surface area contributed by atoms with E-state index in [4.69, 9.17) is 0 Å². The van der Waals surface area contributed by atoms with Crippen molar-refractivity contribution in [3.05, 3.63) is 64.7 Å². The lowest BCUT2D eigenvalue weighted by atomic mass is 9.82. The first kappa shape index (κ1) is 33.2. The molecule has 2 aromatic carbocycles. The van der Waals surface area contributed by atoms with E-state index in [9.17, 15) is 46.6 Å². The van der Waals surface area contributed by atoms with Crippen molar-refractivity contribution in [1.82, 2.24) is 10.2 Å². The minimum Gasteiger partial charge on any atom is -0.481 e. The summed E-state index contributed by atoms with van der Waals surface area (Å²) in [6.45, 7) is 4.78. The Morgan fingerprint density at radius 2 is 1.67 bits per heavy atom. The van der Waals surface area contributed by atoms with E-state index in [0.717, 1.165) is 5.56 Å². The molecule has 3 rings (SSSR count). The number of carboxylic acid groups (broad SMARTS) is 1. The molecule has 43 heavy (non-hydrogen) atoms. The molecule has 232 valence electrons. The molecule has 0 radical (unpaired) electrons. The van der Waals surface area contributed by atoms with Gasteiger partial charge in [0.1, 0.15) is 12.6 Å². The van der Waals surface area contributed by atoms with Crippen molar-refractivity contribution in [1.29, 1.82) is 0 Å². The summed E-state index contributed by atoms with van der Waals surface area (Å²) in [5.74, 6) is -14.6. The van der Waals surface area contributed by atoms with Crippen LogP contribution in [0, 0.1) is 29.2 Å². The number of nitrogens with zero attached hydrogens (tertiary/aromatic N) is 1. The smallest absolute Gasteiger partial charge is 0.305 e. The average Bonchev–Trinajstić information content (AvgIpc) is 2.94. The summed E-state index contributed by atoms with van der Waals surface area (Å²) < 4.78 is 59.2. The second-order valence-corrected chi connectivity index (χ2v) is 11.3. The lowest BCUT2D eigenvalue weighted by molar-refractivity contribution is -0.146. The first-order valence-electron chi connectivity index (χ1n) is 13.5. The van der Waals surface area contributed by atoms with Gasteiger partial charge in [-0.25, -0.2) is 8.78 Å². The molecule has 1 saturated heterocycles. The fraction of sp³-hybridized carbons (Fsp3) is 0.433. The highest BCUT2D eigenvalue weighted by atomic mass is 19.2. The van der Waals surface area contributed by atoms with Gasteiger partial charge in [-0.15, -0.1) is 0 Å². The number of ether oxygens (including phenoxy) is 1. The van der Waals surface area contributed by atoms with Crippen molar-refractivity contribution in [2.45, 2.75) is 57.9 Å². The van der Waals surface area contributed by atoms with Crippen molar-refractivity contribution < 1.29 is 51.4 Å². The van der Waals surface area contributed by atoms with Gasteiger partial charge in [0.05, 0.1) is 12.3 Å². The highest BCUT2D eigenvalue weighted by Crippen LogP contribution is 2.28. The zero-order chi connectivity index (χ0) is 32.1. The lowest BCUT2D eigenvalue weighted by Gasteiger charge is -2.32. The van der Waals surface area contributed by atoms with Crippen LogP contribution < -0.4 is 10.1 Å². The Morgan fingerprint density at radius 1 is 1.05 bits per heavy atom. The number of amides is 2. The number of nitrogens with one attached hydrogen (secondary N) is 1. The number of ketones is 2. The number of carbonyl (C=O) groups excluding carboxylic acids is 4. The van der Waals surface area contributed by atoms with E-state index in [-0.39, 0.29) is 37.4 Å². The summed E-state index contributed by atoms with van der Waals surface area (Å²) in [4.78, 5) is 64.2. The minimum absolute atomic E-state index is 0.0522. The van der Waals surface area contributed by atoms with Crippen molar-refractivity contribution in [2.24, 2.45) is 5.92 Å². The number of Topliss-reactive ketones (excluding diaryl/α,β-unsaturated/α-hetero) is 2. The zero-order valence-corrected chi connectivity index (χ0v) is 23.8. The summed E-state index contributed by atoms with van der Waals surface area (Å²) in [5, 5.41) is 11.5. The van der Waals surface area contributed by atoms with Crippen LogP contribution in [0.3, 0.4) is 0 Å². The van der Waals surface area contributed by atoms with Gasteiger partial charge < -0.3 is 20.1 Å². The minimum atomic E-state index is -1.89. The molecule has 9 nitrogen and oxygen atoms in total. The van der Waals surface area contributed by atoms with Crippen LogP contribution in [0.15, 0.2) is 30.3 Å². The Bertz CT molecular complexity index is 1400. The molecule has 2 aromatic rings. The molecule has 2 amide bonds. The van der Waals surface area contributed by atoms with E-state index in [2.05, 4.69) is 10.1 Å². The molecule has 1 aliphatic heterocycles. The maximum absolute atomic E-state index is 13.9. The summed E-state index contributed by atoms with van der Waals surface area (Å²) in [5.41, 5.74) is 1.36. The Balaban J connectivity index is 1.66. The molecule has 1 heterocycles. The zero-order valence-electron chi connectivity index (χ0n) is 23.8. The normalized spacial score (nSPS) is 15.9. The van der Waals surface area contributed by atoms with Crippen LogP contribution in [0.5, 0.6) is 5.75 Å². The predicted octanol–water partition coefficient (Wildman–Crippen LogP) is 3.50. The summed E-state index contributed by atoms with van der Waals surface area (Å²) >= 11 is 0. The molecule has 13 heteroatoms. The average molecular weight is 609 g/mol. The van der Waals surface area contributed by atoms with E-state index in [1.54, 1.807) is 12.1 Å². The van der Waals surface area contributed by atoms with Crippen LogP contribution >= 0.6 is 0 Å². The fourth-order valence-electron chi connectivity index (χ4n) is 4.84. The molecule has 0 spiro atoms. The van der Waals surface area contributed by atoms with Crippen LogP contribution in [0.1, 0.15) is 51.2 Å². The second-order valence-electron chi connectivity index (χ2n) is 11.3. The van der Waals surface area contributed by atoms with E-state index in [0.29, 0.717) is 12.0 Å². The van der Waals surface area contributed by atoms with Crippen LogP contribution in [0.2, 0.25) is 0 Å². The molecule has 0 aromatic heterocycles. The molecule has 1 fully saturated rings. The number of halogens is 4. The summed E-state index contributed by atoms with van der Waals surface area (Å²) in [6, 6.07) is 5.50. The van der Waals surface area contributed by atoms with Gasteiger partial charge in [-0.2, -0.15) is 8.78 Å². The molecule has 0 aliphatic carbocycles. The lowest BCUT2D eigenvalue weighted by Crippen LogP contribution is -2.51. The number of carbonyl (C=O) groups is 5. The van der Waals surface area contributed by atoms with Crippen molar-refractivity contribution in [3.63, 3.8) is 0 Å². The first-order valence-corrected chi connectivity index (χ1v) is 13.5. The molecule has 2 N–H and O–H groups in total. The van der Waals surface area contributed by atoms with E-state index >= 15 is 0 Å². The van der Waals surface area contributed by atoms with Crippen LogP contribution in [-0.2, 0) is 35.8 Å². The Labute approximate surface area is 245 Å². The van der Waals surface area contributed by atoms with Crippen molar-refractivity contribution in [3.8, 4) is 5.75 Å². The maximum Gasteiger partial charge on any atom is 0.305 e. The summed E-state index contributed by atoms with van der Waals surface area (Å²) in [7, 11) is 0. The standard InChI is InChI=1S/C30H32F4N2O7/c1-30(2,3)18-9-5-4-7-16(18)11-22(37)29(42)36-10-6-8-17(14-36)28(41)35-21(13-24(39)40)23(38)15-43-27-25(33)19(31)12-20(32)26(27)34/h4-5,7,9,12,17,21H,6,8,10-11,13-15H2,1-3H3,(H,35,41)(H,39,40)/t17-,21-/m0/s1. The number of hydrogen-bond donors (Lipinski definition) is 2. The van der Waals surface area contributed by atoms with Gasteiger partial charge in [0.2, 0.25) is 23.3 Å². The number of piperidine rings is 1. The number of rotatable bonds is 11. The molecule has 1 aliphatic rings. The highest BCUT2D eigenvalue weighted by molar-refractivity contribution is 6.36.